The van der Waals surface area contributed by atoms with E-state index in [2.05, 4.69) is 36.6 Å². The van der Waals surface area contributed by atoms with Crippen LogP contribution < -0.4 is 11.3 Å². The van der Waals surface area contributed by atoms with Crippen LogP contribution in [0.15, 0.2) is 24.3 Å². The van der Waals surface area contributed by atoms with Crippen molar-refractivity contribution in [1.29, 1.82) is 0 Å². The number of nitrogens with two attached hydrogens (primary N) is 1. The van der Waals surface area contributed by atoms with Crippen molar-refractivity contribution in [3.05, 3.63) is 35.4 Å². The van der Waals surface area contributed by atoms with Gasteiger partial charge in [0.25, 0.3) is 0 Å². The van der Waals surface area contributed by atoms with Crippen LogP contribution in [0.4, 0.5) is 0 Å². The second-order valence-electron chi connectivity index (χ2n) is 7.03. The number of aryl methyl sites for hydroxylation is 1. The first-order chi connectivity index (χ1) is 9.28. The lowest BCUT2D eigenvalue weighted by Gasteiger charge is -2.20. The molecule has 3 saturated carbocycles. The lowest BCUT2D eigenvalue weighted by Crippen LogP contribution is -2.40. The molecule has 0 heterocycles. The van der Waals surface area contributed by atoms with Crippen molar-refractivity contribution in [3.63, 3.8) is 0 Å². The van der Waals surface area contributed by atoms with Gasteiger partial charge >= 0.3 is 0 Å². The maximum atomic E-state index is 5.86. The molecule has 3 fully saturated rings. The minimum atomic E-state index is 0.486. The summed E-state index contributed by atoms with van der Waals surface area (Å²) >= 11 is 0. The molecule has 2 heteroatoms. The molecular formula is C17H24N2. The Morgan fingerprint density at radius 3 is 2.63 bits per heavy atom. The zero-order valence-corrected chi connectivity index (χ0v) is 11.7. The summed E-state index contributed by atoms with van der Waals surface area (Å²) in [5.74, 6) is 10.8. The fourth-order valence-corrected chi connectivity index (χ4v) is 5.33. The Balaban J connectivity index is 1.48. The summed E-state index contributed by atoms with van der Waals surface area (Å²) in [5.41, 5.74) is 5.91. The van der Waals surface area contributed by atoms with Gasteiger partial charge in [0, 0.05) is 6.04 Å². The SMILES string of the molecule is Cc1cccc(CC(NN)C2C3C4CCC(C4)C32)c1. The first kappa shape index (κ1) is 11.9. The maximum absolute atomic E-state index is 5.86. The number of rotatable bonds is 4. The molecule has 0 radical (unpaired) electrons. The van der Waals surface area contributed by atoms with Crippen LogP contribution in [0.2, 0.25) is 0 Å². The maximum Gasteiger partial charge on any atom is 0.0284 e. The van der Waals surface area contributed by atoms with Crippen LogP contribution in [-0.2, 0) is 6.42 Å². The summed E-state index contributed by atoms with van der Waals surface area (Å²) in [7, 11) is 0. The summed E-state index contributed by atoms with van der Waals surface area (Å²) in [5, 5.41) is 0. The Labute approximate surface area is 115 Å². The predicted molar refractivity (Wildman–Crippen MR) is 77.3 cm³/mol. The van der Waals surface area contributed by atoms with E-state index in [1.807, 2.05) is 0 Å². The van der Waals surface area contributed by atoms with E-state index in [0.29, 0.717) is 6.04 Å². The van der Waals surface area contributed by atoms with Gasteiger partial charge in [0.05, 0.1) is 0 Å². The molecule has 2 bridgehead atoms. The van der Waals surface area contributed by atoms with Crippen molar-refractivity contribution < 1.29 is 0 Å². The molecule has 0 aromatic heterocycles. The van der Waals surface area contributed by atoms with Gasteiger partial charge < -0.3 is 0 Å². The van der Waals surface area contributed by atoms with E-state index in [1.54, 1.807) is 0 Å². The van der Waals surface area contributed by atoms with Gasteiger partial charge in [-0.25, -0.2) is 0 Å². The van der Waals surface area contributed by atoms with Gasteiger partial charge in [-0.05, 0) is 67.8 Å². The summed E-state index contributed by atoms with van der Waals surface area (Å²) in [6, 6.07) is 9.36. The predicted octanol–water partition coefficient (Wildman–Crippen LogP) is 2.66. The molecule has 2 nitrogen and oxygen atoms in total. The summed E-state index contributed by atoms with van der Waals surface area (Å²) < 4.78 is 0. The van der Waals surface area contributed by atoms with E-state index >= 15 is 0 Å². The smallest absolute Gasteiger partial charge is 0.0284 e. The Kier molecular flexibility index (Phi) is 2.71. The van der Waals surface area contributed by atoms with Crippen LogP contribution in [0.25, 0.3) is 0 Å². The van der Waals surface area contributed by atoms with E-state index in [9.17, 15) is 0 Å². The first-order valence-electron chi connectivity index (χ1n) is 7.79. The van der Waals surface area contributed by atoms with E-state index in [0.717, 1.165) is 36.0 Å². The molecule has 102 valence electrons. The molecule has 1 aromatic rings. The molecule has 5 unspecified atom stereocenters. The number of nitrogens with one attached hydrogen (secondary N) is 1. The van der Waals surface area contributed by atoms with Gasteiger partial charge in [0.2, 0.25) is 0 Å². The largest absolute Gasteiger partial charge is 0.271 e. The van der Waals surface area contributed by atoms with Gasteiger partial charge in [0.1, 0.15) is 0 Å². The normalized spacial score (nSPS) is 40.2. The van der Waals surface area contributed by atoms with E-state index in [1.165, 1.54) is 30.4 Å². The third-order valence-electron chi connectivity index (χ3n) is 6.01. The van der Waals surface area contributed by atoms with Crippen LogP contribution in [0, 0.1) is 36.5 Å². The Morgan fingerprint density at radius 1 is 1.26 bits per heavy atom. The van der Waals surface area contributed by atoms with Crippen molar-refractivity contribution in [2.24, 2.45) is 35.4 Å². The van der Waals surface area contributed by atoms with Crippen LogP contribution in [0.1, 0.15) is 30.4 Å². The number of hydrogen-bond acceptors (Lipinski definition) is 2. The highest BCUT2D eigenvalue weighted by molar-refractivity contribution is 5.25. The number of benzene rings is 1. The Bertz CT molecular complexity index is 468. The molecule has 3 aliphatic rings. The molecule has 3 N–H and O–H groups in total. The molecule has 3 aliphatic carbocycles. The lowest BCUT2D eigenvalue weighted by atomic mass is 9.93. The van der Waals surface area contributed by atoms with Crippen molar-refractivity contribution in [2.75, 3.05) is 0 Å². The molecule has 4 rings (SSSR count). The summed E-state index contributed by atoms with van der Waals surface area (Å²) in [6.07, 6.45) is 5.59. The number of hydrogen-bond donors (Lipinski definition) is 2. The first-order valence-corrected chi connectivity index (χ1v) is 7.79. The Morgan fingerprint density at radius 2 is 2.00 bits per heavy atom. The standard InChI is InChI=1S/C17H24N2/c1-10-3-2-4-11(7-10)8-14(19-18)17-15-12-5-6-13(9-12)16(15)17/h2-4,7,12-17,19H,5-6,8-9,18H2,1H3. The molecule has 0 spiro atoms. The minimum absolute atomic E-state index is 0.486. The van der Waals surface area contributed by atoms with Crippen LogP contribution in [-0.4, -0.2) is 6.04 Å². The third-order valence-corrected chi connectivity index (χ3v) is 6.01. The quantitative estimate of drug-likeness (QED) is 0.642. The van der Waals surface area contributed by atoms with Crippen molar-refractivity contribution >= 4 is 0 Å². The fraction of sp³-hybridized carbons (Fsp3) is 0.647. The highest BCUT2D eigenvalue weighted by atomic mass is 15.2. The Hall–Kier alpha value is -0.860. The van der Waals surface area contributed by atoms with Gasteiger partial charge in [-0.3, -0.25) is 11.3 Å². The van der Waals surface area contributed by atoms with Gasteiger partial charge in [-0.15, -0.1) is 0 Å². The molecule has 1 aromatic carbocycles. The molecule has 19 heavy (non-hydrogen) atoms. The van der Waals surface area contributed by atoms with Crippen LogP contribution >= 0.6 is 0 Å². The molecule has 5 atom stereocenters. The van der Waals surface area contributed by atoms with E-state index in [4.69, 9.17) is 5.84 Å². The average Bonchev–Trinajstić information content (AvgIpc) is 2.83. The van der Waals surface area contributed by atoms with Crippen LogP contribution in [0.5, 0.6) is 0 Å². The zero-order chi connectivity index (χ0) is 13.0. The molecular weight excluding hydrogens is 232 g/mol. The lowest BCUT2D eigenvalue weighted by molar-refractivity contribution is 0.365. The zero-order valence-electron chi connectivity index (χ0n) is 11.7. The summed E-state index contributed by atoms with van der Waals surface area (Å²) in [6.45, 7) is 2.17. The van der Waals surface area contributed by atoms with Gasteiger partial charge in [-0.2, -0.15) is 0 Å². The highest BCUT2D eigenvalue weighted by Gasteiger charge is 2.66. The second-order valence-corrected chi connectivity index (χ2v) is 7.03. The third kappa shape index (κ3) is 1.85. The highest BCUT2D eigenvalue weighted by Crippen LogP contribution is 2.70. The van der Waals surface area contributed by atoms with Gasteiger partial charge in [0.15, 0.2) is 0 Å². The molecule has 0 saturated heterocycles. The van der Waals surface area contributed by atoms with Crippen molar-refractivity contribution in [1.82, 2.24) is 5.43 Å². The van der Waals surface area contributed by atoms with Crippen molar-refractivity contribution in [3.8, 4) is 0 Å². The monoisotopic (exact) mass is 256 g/mol. The van der Waals surface area contributed by atoms with Crippen LogP contribution in [0.3, 0.4) is 0 Å². The summed E-state index contributed by atoms with van der Waals surface area (Å²) in [4.78, 5) is 0. The topological polar surface area (TPSA) is 38.0 Å². The van der Waals surface area contributed by atoms with E-state index in [-0.39, 0.29) is 0 Å². The van der Waals surface area contributed by atoms with Gasteiger partial charge in [-0.1, -0.05) is 29.8 Å². The fourth-order valence-electron chi connectivity index (χ4n) is 5.33. The number of hydrazine groups is 1. The second kappa shape index (κ2) is 4.32. The minimum Gasteiger partial charge on any atom is -0.271 e. The van der Waals surface area contributed by atoms with E-state index < -0.39 is 0 Å². The molecule has 0 aliphatic heterocycles. The van der Waals surface area contributed by atoms with Crippen molar-refractivity contribution in [2.45, 2.75) is 38.6 Å². The molecule has 0 amide bonds. The average molecular weight is 256 g/mol. The number of fused-ring (bicyclic) bond motifs is 5.